The van der Waals surface area contributed by atoms with Crippen molar-refractivity contribution in [1.82, 2.24) is 0 Å². The maximum absolute atomic E-state index is 6.19. The lowest BCUT2D eigenvalue weighted by molar-refractivity contribution is 0.0236. The summed E-state index contributed by atoms with van der Waals surface area (Å²) in [6.45, 7) is 2.58. The lowest BCUT2D eigenvalue weighted by Crippen LogP contribution is -2.29. The second kappa shape index (κ2) is 7.57. The number of nitrogens with two attached hydrogens (primary N) is 1. The van der Waals surface area contributed by atoms with Crippen LogP contribution < -0.4 is 5.73 Å². The van der Waals surface area contributed by atoms with Crippen molar-refractivity contribution in [2.24, 2.45) is 5.73 Å². The molecule has 0 fully saturated rings. The Balaban J connectivity index is 2.08. The first-order valence-electron chi connectivity index (χ1n) is 6.45. The molecule has 1 aromatic heterocycles. The lowest BCUT2D eigenvalue weighted by Gasteiger charge is -2.22. The molecule has 0 saturated heterocycles. The summed E-state index contributed by atoms with van der Waals surface area (Å²) in [5, 5.41) is 2.77. The van der Waals surface area contributed by atoms with Gasteiger partial charge in [-0.15, -0.1) is 11.3 Å². The van der Waals surface area contributed by atoms with Gasteiger partial charge in [0.15, 0.2) is 0 Å². The van der Waals surface area contributed by atoms with Crippen molar-refractivity contribution in [3.8, 4) is 0 Å². The minimum absolute atomic E-state index is 0.0141. The van der Waals surface area contributed by atoms with Crippen LogP contribution in [0.15, 0.2) is 40.2 Å². The Morgan fingerprint density at radius 2 is 2.20 bits per heavy atom. The fourth-order valence-corrected chi connectivity index (χ4v) is 3.70. The molecule has 2 aromatic rings. The molecule has 108 valence electrons. The standard InChI is InChI=1S/C15H17BrClNOS/c1-2-13(18)15(14-7-11(16)9-20-14)19-8-10-4-3-5-12(17)6-10/h3-7,9,13,15H,2,8,18H2,1H3. The Bertz CT molecular complexity index is 560. The Labute approximate surface area is 137 Å². The lowest BCUT2D eigenvalue weighted by atomic mass is 10.1. The first-order valence-corrected chi connectivity index (χ1v) is 8.50. The van der Waals surface area contributed by atoms with E-state index in [2.05, 4.69) is 28.9 Å². The molecule has 0 aliphatic carbocycles. The maximum Gasteiger partial charge on any atom is 0.107 e. The van der Waals surface area contributed by atoms with Crippen LogP contribution in [0.4, 0.5) is 0 Å². The van der Waals surface area contributed by atoms with Crippen molar-refractivity contribution in [3.05, 3.63) is 55.6 Å². The number of hydrogen-bond acceptors (Lipinski definition) is 3. The molecule has 0 radical (unpaired) electrons. The zero-order valence-corrected chi connectivity index (χ0v) is 14.3. The quantitative estimate of drug-likeness (QED) is 0.758. The van der Waals surface area contributed by atoms with Gasteiger partial charge in [0, 0.05) is 25.8 Å². The zero-order chi connectivity index (χ0) is 14.5. The maximum atomic E-state index is 6.19. The van der Waals surface area contributed by atoms with E-state index in [1.54, 1.807) is 11.3 Å². The molecular weight excluding hydrogens is 358 g/mol. The topological polar surface area (TPSA) is 35.2 Å². The average molecular weight is 375 g/mol. The van der Waals surface area contributed by atoms with Crippen LogP contribution in [0.2, 0.25) is 5.02 Å². The second-order valence-corrected chi connectivity index (χ2v) is 6.90. The molecule has 2 atom stereocenters. The molecule has 2 N–H and O–H groups in total. The summed E-state index contributed by atoms with van der Waals surface area (Å²) in [5.41, 5.74) is 7.25. The van der Waals surface area contributed by atoms with Gasteiger partial charge in [-0.2, -0.15) is 0 Å². The van der Waals surface area contributed by atoms with Crippen molar-refractivity contribution < 1.29 is 4.74 Å². The van der Waals surface area contributed by atoms with Crippen LogP contribution in [0.5, 0.6) is 0 Å². The molecule has 1 heterocycles. The fourth-order valence-electron chi connectivity index (χ4n) is 1.92. The second-order valence-electron chi connectivity index (χ2n) is 4.60. The van der Waals surface area contributed by atoms with Crippen LogP contribution in [-0.4, -0.2) is 6.04 Å². The van der Waals surface area contributed by atoms with Gasteiger partial charge in [-0.05, 0) is 46.1 Å². The van der Waals surface area contributed by atoms with Crippen molar-refractivity contribution in [1.29, 1.82) is 0 Å². The monoisotopic (exact) mass is 373 g/mol. The summed E-state index contributed by atoms with van der Waals surface area (Å²) in [7, 11) is 0. The SMILES string of the molecule is CCC(N)C(OCc1cccc(Cl)c1)c1cc(Br)cs1. The molecule has 0 bridgehead atoms. The van der Waals surface area contributed by atoms with Crippen LogP contribution in [0, 0.1) is 0 Å². The first kappa shape index (κ1) is 16.0. The summed E-state index contributed by atoms with van der Waals surface area (Å²) in [6.07, 6.45) is 0.783. The van der Waals surface area contributed by atoms with Gasteiger partial charge in [0.1, 0.15) is 6.10 Å². The molecule has 0 aliphatic heterocycles. The van der Waals surface area contributed by atoms with Gasteiger partial charge in [0.2, 0.25) is 0 Å². The minimum atomic E-state index is -0.0877. The van der Waals surface area contributed by atoms with Crippen molar-refractivity contribution in [2.75, 3.05) is 0 Å². The highest BCUT2D eigenvalue weighted by molar-refractivity contribution is 9.10. The number of benzene rings is 1. The Morgan fingerprint density at radius 1 is 1.40 bits per heavy atom. The van der Waals surface area contributed by atoms with Crippen LogP contribution >= 0.6 is 38.9 Å². The van der Waals surface area contributed by atoms with E-state index in [1.807, 2.05) is 29.6 Å². The Kier molecular flexibility index (Phi) is 6.05. The summed E-state index contributed by atoms with van der Waals surface area (Å²) in [5.74, 6) is 0. The van der Waals surface area contributed by atoms with E-state index in [-0.39, 0.29) is 12.1 Å². The van der Waals surface area contributed by atoms with Crippen LogP contribution in [-0.2, 0) is 11.3 Å². The molecule has 0 saturated carbocycles. The fraction of sp³-hybridized carbons (Fsp3) is 0.333. The molecule has 0 spiro atoms. The zero-order valence-electron chi connectivity index (χ0n) is 11.2. The smallest absolute Gasteiger partial charge is 0.107 e. The highest BCUT2D eigenvalue weighted by Gasteiger charge is 2.21. The summed E-state index contributed by atoms with van der Waals surface area (Å²) >= 11 is 11.1. The van der Waals surface area contributed by atoms with E-state index < -0.39 is 0 Å². The summed E-state index contributed by atoms with van der Waals surface area (Å²) in [4.78, 5) is 1.15. The minimum Gasteiger partial charge on any atom is -0.366 e. The van der Waals surface area contributed by atoms with Crippen LogP contribution in [0.3, 0.4) is 0 Å². The molecule has 1 aromatic carbocycles. The largest absolute Gasteiger partial charge is 0.366 e. The van der Waals surface area contributed by atoms with Crippen molar-refractivity contribution >= 4 is 38.9 Å². The van der Waals surface area contributed by atoms with Gasteiger partial charge < -0.3 is 10.5 Å². The van der Waals surface area contributed by atoms with E-state index in [0.29, 0.717) is 6.61 Å². The predicted molar refractivity (Wildman–Crippen MR) is 89.3 cm³/mol. The van der Waals surface area contributed by atoms with E-state index in [4.69, 9.17) is 22.1 Å². The van der Waals surface area contributed by atoms with E-state index in [0.717, 1.165) is 26.4 Å². The Morgan fingerprint density at radius 3 is 2.80 bits per heavy atom. The Hall–Kier alpha value is -0.390. The third-order valence-corrected chi connectivity index (χ3v) is 5.04. The van der Waals surface area contributed by atoms with E-state index >= 15 is 0 Å². The molecule has 20 heavy (non-hydrogen) atoms. The van der Waals surface area contributed by atoms with Gasteiger partial charge in [0.25, 0.3) is 0 Å². The highest BCUT2D eigenvalue weighted by Crippen LogP contribution is 2.31. The third kappa shape index (κ3) is 4.30. The molecule has 2 rings (SSSR count). The van der Waals surface area contributed by atoms with Gasteiger partial charge >= 0.3 is 0 Å². The number of halogens is 2. The van der Waals surface area contributed by atoms with Crippen molar-refractivity contribution in [2.45, 2.75) is 32.1 Å². The van der Waals surface area contributed by atoms with Gasteiger partial charge in [0.05, 0.1) is 6.61 Å². The van der Waals surface area contributed by atoms with Gasteiger partial charge in [-0.25, -0.2) is 0 Å². The number of ether oxygens (including phenoxy) is 1. The predicted octanol–water partition coefficient (Wildman–Crippen LogP) is 5.16. The molecule has 5 heteroatoms. The van der Waals surface area contributed by atoms with E-state index in [1.165, 1.54) is 0 Å². The summed E-state index contributed by atoms with van der Waals surface area (Å²) < 4.78 is 7.11. The van der Waals surface area contributed by atoms with Gasteiger partial charge in [-0.3, -0.25) is 0 Å². The molecule has 2 nitrogen and oxygen atoms in total. The number of hydrogen-bond donors (Lipinski definition) is 1. The first-order chi connectivity index (χ1) is 9.60. The normalized spacial score (nSPS) is 14.2. The molecule has 0 amide bonds. The van der Waals surface area contributed by atoms with Crippen molar-refractivity contribution in [3.63, 3.8) is 0 Å². The third-order valence-electron chi connectivity index (χ3n) is 3.05. The van der Waals surface area contributed by atoms with Gasteiger partial charge in [-0.1, -0.05) is 30.7 Å². The highest BCUT2D eigenvalue weighted by atomic mass is 79.9. The number of thiophene rings is 1. The van der Waals surface area contributed by atoms with Crippen LogP contribution in [0.1, 0.15) is 29.9 Å². The molecular formula is C15H17BrClNOS. The molecule has 2 unspecified atom stereocenters. The van der Waals surface area contributed by atoms with E-state index in [9.17, 15) is 0 Å². The molecule has 0 aliphatic rings. The summed E-state index contributed by atoms with van der Waals surface area (Å²) in [6, 6.07) is 9.77. The van der Waals surface area contributed by atoms with Crippen LogP contribution in [0.25, 0.3) is 0 Å². The average Bonchev–Trinajstić information content (AvgIpc) is 2.85. The number of rotatable bonds is 6.